The van der Waals surface area contributed by atoms with Crippen molar-refractivity contribution in [3.8, 4) is 0 Å². The number of carbonyl (C=O) groups is 2. The Morgan fingerprint density at radius 1 is 0.615 bits per heavy atom. The number of aliphatic hydroxyl groups excluding tert-OH is 4. The Labute approximate surface area is 151 Å². The summed E-state index contributed by atoms with van der Waals surface area (Å²) >= 11 is 0. The topological polar surface area (TPSA) is 115 Å². The maximum absolute atomic E-state index is 12.0. The lowest BCUT2D eigenvalue weighted by Crippen LogP contribution is -2.47. The first-order chi connectivity index (χ1) is 12.4. The lowest BCUT2D eigenvalue weighted by atomic mass is 9.94. The van der Waals surface area contributed by atoms with Gasteiger partial charge in [-0.1, -0.05) is 60.7 Å². The maximum atomic E-state index is 12.0. The van der Waals surface area contributed by atoms with E-state index >= 15 is 0 Å². The normalized spacial score (nSPS) is 15.7. The molecule has 0 spiro atoms. The molecule has 6 nitrogen and oxygen atoms in total. The van der Waals surface area contributed by atoms with Crippen molar-refractivity contribution in [2.24, 2.45) is 0 Å². The van der Waals surface area contributed by atoms with Crippen molar-refractivity contribution < 1.29 is 30.0 Å². The minimum Gasteiger partial charge on any atom is -0.390 e. The molecule has 0 amide bonds. The quantitative estimate of drug-likeness (QED) is 0.471. The van der Waals surface area contributed by atoms with E-state index in [-0.39, 0.29) is 12.8 Å². The van der Waals surface area contributed by atoms with Crippen molar-refractivity contribution in [1.29, 1.82) is 0 Å². The van der Waals surface area contributed by atoms with Crippen LogP contribution in [0.2, 0.25) is 0 Å². The molecule has 0 radical (unpaired) electrons. The summed E-state index contributed by atoms with van der Waals surface area (Å²) in [7, 11) is 0. The zero-order valence-corrected chi connectivity index (χ0v) is 14.1. The van der Waals surface area contributed by atoms with Crippen LogP contribution in [0.5, 0.6) is 0 Å². The Bertz CT molecular complexity index is 652. The molecule has 0 heterocycles. The number of benzene rings is 2. The lowest BCUT2D eigenvalue weighted by Gasteiger charge is -2.20. The Morgan fingerprint density at radius 2 is 0.923 bits per heavy atom. The van der Waals surface area contributed by atoms with Gasteiger partial charge in [0.25, 0.3) is 0 Å². The van der Waals surface area contributed by atoms with Gasteiger partial charge in [0.1, 0.15) is 12.2 Å². The van der Waals surface area contributed by atoms with E-state index in [0.717, 1.165) is 0 Å². The highest BCUT2D eigenvalue weighted by atomic mass is 16.3. The smallest absolute Gasteiger partial charge is 0.232 e. The van der Waals surface area contributed by atoms with Gasteiger partial charge >= 0.3 is 0 Å². The number of ketones is 2. The van der Waals surface area contributed by atoms with Gasteiger partial charge in [0.15, 0.2) is 0 Å². The van der Waals surface area contributed by atoms with Gasteiger partial charge < -0.3 is 20.4 Å². The molecule has 2 aromatic carbocycles. The van der Waals surface area contributed by atoms with Crippen LogP contribution in [-0.2, 0) is 22.4 Å². The molecule has 2 rings (SSSR count). The second-order valence-electron chi connectivity index (χ2n) is 6.13. The Morgan fingerprint density at radius 3 is 1.23 bits per heavy atom. The predicted molar refractivity (Wildman–Crippen MR) is 94.3 cm³/mol. The number of hydrogen-bond donors (Lipinski definition) is 4. The molecular formula is C20H22O6. The van der Waals surface area contributed by atoms with E-state index in [1.165, 1.54) is 0 Å². The van der Waals surface area contributed by atoms with Crippen LogP contribution >= 0.6 is 0 Å². The average Bonchev–Trinajstić information content (AvgIpc) is 2.67. The van der Waals surface area contributed by atoms with Gasteiger partial charge in [-0.3, -0.25) is 9.59 Å². The fourth-order valence-electron chi connectivity index (χ4n) is 2.58. The van der Waals surface area contributed by atoms with Crippen LogP contribution in [0.1, 0.15) is 11.1 Å². The van der Waals surface area contributed by atoms with Crippen LogP contribution in [0, 0.1) is 0 Å². The summed E-state index contributed by atoms with van der Waals surface area (Å²) < 4.78 is 0. The molecule has 0 aliphatic rings. The van der Waals surface area contributed by atoms with Crippen molar-refractivity contribution in [3.05, 3.63) is 71.8 Å². The number of aliphatic hydroxyl groups is 4. The van der Waals surface area contributed by atoms with Gasteiger partial charge in [-0.05, 0) is 11.1 Å². The molecule has 0 aromatic heterocycles. The molecule has 2 unspecified atom stereocenters. The number of Topliss-reactive ketones (excluding diaryl/α,β-unsaturated/α-hetero) is 2. The largest absolute Gasteiger partial charge is 0.390 e. The van der Waals surface area contributed by atoms with Crippen molar-refractivity contribution in [2.75, 3.05) is 0 Å². The van der Waals surface area contributed by atoms with Gasteiger partial charge in [0, 0.05) is 12.8 Å². The molecule has 26 heavy (non-hydrogen) atoms. The predicted octanol–water partition coefficient (Wildman–Crippen LogP) is 0.0536. The second kappa shape index (κ2) is 9.35. The number of hydrogen-bond acceptors (Lipinski definition) is 6. The third-order valence-electron chi connectivity index (χ3n) is 4.08. The van der Waals surface area contributed by atoms with Crippen LogP contribution < -0.4 is 0 Å². The molecule has 4 atom stereocenters. The third-order valence-corrected chi connectivity index (χ3v) is 4.08. The summed E-state index contributed by atoms with van der Waals surface area (Å²) in [5, 5.41) is 39.8. The van der Waals surface area contributed by atoms with Gasteiger partial charge in [-0.15, -0.1) is 0 Å². The minimum absolute atomic E-state index is 0.0241. The summed E-state index contributed by atoms with van der Waals surface area (Å²) in [5.41, 5.74) is 1.37. The Kier molecular flexibility index (Phi) is 7.17. The fraction of sp³-hybridized carbons (Fsp3) is 0.300. The summed E-state index contributed by atoms with van der Waals surface area (Å²) in [5.74, 6) is -2.65. The van der Waals surface area contributed by atoms with Crippen molar-refractivity contribution in [2.45, 2.75) is 37.3 Å². The molecule has 0 saturated heterocycles. The van der Waals surface area contributed by atoms with E-state index in [1.54, 1.807) is 60.7 Å². The molecule has 138 valence electrons. The van der Waals surface area contributed by atoms with Crippen LogP contribution in [0.25, 0.3) is 0 Å². The monoisotopic (exact) mass is 358 g/mol. The first kappa shape index (κ1) is 19.9. The first-order valence-corrected chi connectivity index (χ1v) is 8.28. The molecule has 0 aliphatic carbocycles. The van der Waals surface area contributed by atoms with E-state index in [9.17, 15) is 30.0 Å². The highest BCUT2D eigenvalue weighted by Gasteiger charge is 2.36. The molecule has 0 aliphatic heterocycles. The second-order valence-corrected chi connectivity index (χ2v) is 6.13. The first-order valence-electron chi connectivity index (χ1n) is 8.28. The molecule has 6 heteroatoms. The van der Waals surface area contributed by atoms with Crippen molar-refractivity contribution in [3.63, 3.8) is 0 Å². The standard InChI is InChI=1S/C20H22O6/c21-15(11-13-7-3-1-4-8-13)17(23)19(25)20(26)18(24)16(22)12-14-9-5-2-6-10-14/h1-10,15-18,21-24H,11-12H2/t15?,16?,17-,18-/m1/s1. The van der Waals surface area contributed by atoms with E-state index in [1.807, 2.05) is 0 Å². The summed E-state index contributed by atoms with van der Waals surface area (Å²) in [6.07, 6.45) is -6.98. The van der Waals surface area contributed by atoms with E-state index in [2.05, 4.69) is 0 Å². The number of rotatable bonds is 9. The maximum Gasteiger partial charge on any atom is 0.232 e. The zero-order chi connectivity index (χ0) is 19.1. The van der Waals surface area contributed by atoms with Crippen molar-refractivity contribution in [1.82, 2.24) is 0 Å². The highest BCUT2D eigenvalue weighted by Crippen LogP contribution is 2.11. The minimum atomic E-state index is -1.97. The summed E-state index contributed by atoms with van der Waals surface area (Å²) in [4.78, 5) is 24.1. The lowest BCUT2D eigenvalue weighted by molar-refractivity contribution is -0.152. The molecule has 0 saturated carbocycles. The van der Waals surface area contributed by atoms with E-state index in [0.29, 0.717) is 11.1 Å². The van der Waals surface area contributed by atoms with Crippen LogP contribution in [0.4, 0.5) is 0 Å². The molecule has 2 aromatic rings. The van der Waals surface area contributed by atoms with Gasteiger partial charge in [-0.25, -0.2) is 0 Å². The van der Waals surface area contributed by atoms with Gasteiger partial charge in [0.05, 0.1) is 12.2 Å². The Hall–Kier alpha value is -2.38. The van der Waals surface area contributed by atoms with Gasteiger partial charge in [-0.2, -0.15) is 0 Å². The molecule has 0 fully saturated rings. The zero-order valence-electron chi connectivity index (χ0n) is 14.1. The van der Waals surface area contributed by atoms with Crippen molar-refractivity contribution >= 4 is 11.6 Å². The van der Waals surface area contributed by atoms with E-state index < -0.39 is 36.0 Å². The molecular weight excluding hydrogens is 336 g/mol. The van der Waals surface area contributed by atoms with E-state index in [4.69, 9.17) is 0 Å². The van der Waals surface area contributed by atoms with Crippen LogP contribution in [-0.4, -0.2) is 56.4 Å². The van der Waals surface area contributed by atoms with Crippen LogP contribution in [0.3, 0.4) is 0 Å². The SMILES string of the molecule is O=C(C(=O)[C@H](O)C(O)Cc1ccccc1)[C@H](O)C(O)Cc1ccccc1. The summed E-state index contributed by atoms with van der Waals surface area (Å²) in [6, 6.07) is 17.4. The summed E-state index contributed by atoms with van der Waals surface area (Å²) in [6.45, 7) is 0. The van der Waals surface area contributed by atoms with Crippen LogP contribution in [0.15, 0.2) is 60.7 Å². The third kappa shape index (κ3) is 5.31. The van der Waals surface area contributed by atoms with Gasteiger partial charge in [0.2, 0.25) is 11.6 Å². The molecule has 4 N–H and O–H groups in total. The Balaban J connectivity index is 1.95. The highest BCUT2D eigenvalue weighted by molar-refractivity contribution is 6.40. The average molecular weight is 358 g/mol. The number of carbonyl (C=O) groups excluding carboxylic acids is 2. The molecule has 0 bridgehead atoms. The fourth-order valence-corrected chi connectivity index (χ4v) is 2.58.